The van der Waals surface area contributed by atoms with Crippen LogP contribution in [0.5, 0.6) is 0 Å². The van der Waals surface area contributed by atoms with Gasteiger partial charge in [0, 0.05) is 30.1 Å². The summed E-state index contributed by atoms with van der Waals surface area (Å²) in [6, 6.07) is 8.10. The Balaban J connectivity index is 1.98. The second-order valence-electron chi connectivity index (χ2n) is 4.31. The van der Waals surface area contributed by atoms with Crippen LogP contribution in [0, 0.1) is 18.8 Å². The molecule has 0 fully saturated rings. The molecule has 0 saturated carbocycles. The SMILES string of the molecule is Cc1cnc(SCc2cccc(C#CCCO)c2)nc1. The Morgan fingerprint density at radius 3 is 2.80 bits per heavy atom. The van der Waals surface area contributed by atoms with Crippen molar-refractivity contribution in [3.8, 4) is 11.8 Å². The molecule has 0 bridgehead atoms. The highest BCUT2D eigenvalue weighted by molar-refractivity contribution is 7.98. The lowest BCUT2D eigenvalue weighted by molar-refractivity contribution is 0.305. The molecule has 102 valence electrons. The number of hydrogen-bond acceptors (Lipinski definition) is 4. The van der Waals surface area contributed by atoms with Gasteiger partial charge in [-0.2, -0.15) is 0 Å². The van der Waals surface area contributed by atoms with Crippen molar-refractivity contribution in [1.29, 1.82) is 0 Å². The minimum Gasteiger partial charge on any atom is -0.395 e. The fourth-order valence-corrected chi connectivity index (χ4v) is 2.29. The minimum absolute atomic E-state index is 0.104. The molecule has 4 heteroatoms. The van der Waals surface area contributed by atoms with Crippen LogP contribution in [0.3, 0.4) is 0 Å². The highest BCUT2D eigenvalue weighted by atomic mass is 32.2. The molecule has 20 heavy (non-hydrogen) atoms. The Morgan fingerprint density at radius 1 is 1.25 bits per heavy atom. The van der Waals surface area contributed by atoms with Crippen LogP contribution < -0.4 is 0 Å². The molecule has 1 aromatic carbocycles. The Bertz CT molecular complexity index is 614. The first kappa shape index (κ1) is 14.6. The van der Waals surface area contributed by atoms with E-state index >= 15 is 0 Å². The average molecular weight is 284 g/mol. The molecule has 0 aliphatic carbocycles. The van der Waals surface area contributed by atoms with Gasteiger partial charge in [-0.05, 0) is 30.2 Å². The lowest BCUT2D eigenvalue weighted by Gasteiger charge is -2.01. The van der Waals surface area contributed by atoms with Crippen LogP contribution in [-0.2, 0) is 5.75 Å². The zero-order valence-electron chi connectivity index (χ0n) is 11.3. The van der Waals surface area contributed by atoms with Crippen molar-refractivity contribution in [2.45, 2.75) is 24.3 Å². The number of benzene rings is 1. The monoisotopic (exact) mass is 284 g/mol. The summed E-state index contributed by atoms with van der Waals surface area (Å²) in [6.07, 6.45) is 4.16. The van der Waals surface area contributed by atoms with E-state index in [4.69, 9.17) is 5.11 Å². The summed E-state index contributed by atoms with van der Waals surface area (Å²) in [5.74, 6) is 6.79. The van der Waals surface area contributed by atoms with Crippen molar-refractivity contribution in [2.75, 3.05) is 6.61 Å². The normalized spacial score (nSPS) is 9.90. The predicted molar refractivity (Wildman–Crippen MR) is 81.4 cm³/mol. The van der Waals surface area contributed by atoms with E-state index in [0.29, 0.717) is 6.42 Å². The quantitative estimate of drug-likeness (QED) is 0.533. The topological polar surface area (TPSA) is 46.0 Å². The van der Waals surface area contributed by atoms with Crippen LogP contribution in [0.2, 0.25) is 0 Å². The van der Waals surface area contributed by atoms with Gasteiger partial charge in [-0.25, -0.2) is 9.97 Å². The molecule has 0 amide bonds. The standard InChI is InChI=1S/C16H16N2OS/c1-13-10-17-16(18-11-13)20-12-15-7-4-6-14(9-15)5-2-3-8-19/h4,6-7,9-11,19H,3,8,12H2,1H3. The molecule has 0 saturated heterocycles. The summed E-state index contributed by atoms with van der Waals surface area (Å²) in [5.41, 5.74) is 3.23. The van der Waals surface area contributed by atoms with Gasteiger partial charge in [0.25, 0.3) is 0 Å². The zero-order valence-corrected chi connectivity index (χ0v) is 12.2. The van der Waals surface area contributed by atoms with E-state index in [1.807, 2.05) is 31.5 Å². The molecule has 0 radical (unpaired) electrons. The van der Waals surface area contributed by atoms with Crippen molar-refractivity contribution in [3.05, 3.63) is 53.3 Å². The molecule has 1 N–H and O–H groups in total. The molecular weight excluding hydrogens is 268 g/mol. The highest BCUT2D eigenvalue weighted by Gasteiger charge is 1.99. The Kier molecular flexibility index (Phi) is 5.60. The molecule has 0 spiro atoms. The van der Waals surface area contributed by atoms with Gasteiger partial charge in [-0.3, -0.25) is 0 Å². The number of aryl methyl sites for hydroxylation is 1. The number of aliphatic hydroxyl groups excluding tert-OH is 1. The van der Waals surface area contributed by atoms with E-state index in [0.717, 1.165) is 22.0 Å². The van der Waals surface area contributed by atoms with E-state index in [9.17, 15) is 0 Å². The molecule has 0 aliphatic rings. The van der Waals surface area contributed by atoms with Gasteiger partial charge in [-0.15, -0.1) is 0 Å². The number of aromatic nitrogens is 2. The van der Waals surface area contributed by atoms with Crippen molar-refractivity contribution >= 4 is 11.8 Å². The second-order valence-corrected chi connectivity index (χ2v) is 5.25. The van der Waals surface area contributed by atoms with Gasteiger partial charge >= 0.3 is 0 Å². The van der Waals surface area contributed by atoms with Crippen LogP contribution in [0.25, 0.3) is 0 Å². The maximum absolute atomic E-state index is 8.71. The van der Waals surface area contributed by atoms with E-state index in [2.05, 4.69) is 33.9 Å². The fraction of sp³-hybridized carbons (Fsp3) is 0.250. The predicted octanol–water partition coefficient (Wildman–Crippen LogP) is 2.81. The summed E-state index contributed by atoms with van der Waals surface area (Å²) >= 11 is 1.61. The third-order valence-corrected chi connectivity index (χ3v) is 3.47. The van der Waals surface area contributed by atoms with Crippen LogP contribution in [0.1, 0.15) is 23.1 Å². The van der Waals surface area contributed by atoms with Crippen molar-refractivity contribution in [2.24, 2.45) is 0 Å². The second kappa shape index (κ2) is 7.68. The van der Waals surface area contributed by atoms with Crippen LogP contribution >= 0.6 is 11.8 Å². The van der Waals surface area contributed by atoms with E-state index < -0.39 is 0 Å². The van der Waals surface area contributed by atoms with Gasteiger partial charge in [0.15, 0.2) is 5.16 Å². The lowest BCUT2D eigenvalue weighted by atomic mass is 10.1. The van der Waals surface area contributed by atoms with E-state index in [-0.39, 0.29) is 6.61 Å². The molecule has 0 atom stereocenters. The van der Waals surface area contributed by atoms with E-state index in [1.54, 1.807) is 11.8 Å². The van der Waals surface area contributed by atoms with Gasteiger partial charge in [0.2, 0.25) is 0 Å². The number of rotatable bonds is 4. The molecule has 2 rings (SSSR count). The van der Waals surface area contributed by atoms with Crippen LogP contribution in [0.15, 0.2) is 41.8 Å². The summed E-state index contributed by atoms with van der Waals surface area (Å²) in [6.45, 7) is 2.08. The van der Waals surface area contributed by atoms with Crippen molar-refractivity contribution in [3.63, 3.8) is 0 Å². The summed E-state index contributed by atoms with van der Waals surface area (Å²) in [7, 11) is 0. The maximum Gasteiger partial charge on any atom is 0.187 e. The number of nitrogens with zero attached hydrogens (tertiary/aromatic N) is 2. The van der Waals surface area contributed by atoms with Crippen LogP contribution in [-0.4, -0.2) is 21.7 Å². The maximum atomic E-state index is 8.71. The Morgan fingerprint density at radius 2 is 2.05 bits per heavy atom. The summed E-state index contributed by atoms with van der Waals surface area (Å²) in [4.78, 5) is 8.55. The Hall–Kier alpha value is -1.83. The third kappa shape index (κ3) is 4.69. The summed E-state index contributed by atoms with van der Waals surface area (Å²) < 4.78 is 0. The smallest absolute Gasteiger partial charge is 0.187 e. The number of hydrogen-bond donors (Lipinski definition) is 1. The van der Waals surface area contributed by atoms with Crippen molar-refractivity contribution in [1.82, 2.24) is 9.97 Å². The van der Waals surface area contributed by atoms with Gasteiger partial charge in [-0.1, -0.05) is 35.7 Å². The first-order valence-electron chi connectivity index (χ1n) is 6.38. The van der Waals surface area contributed by atoms with E-state index in [1.165, 1.54) is 5.56 Å². The minimum atomic E-state index is 0.104. The molecule has 0 aliphatic heterocycles. The molecular formula is C16H16N2OS. The molecule has 0 unspecified atom stereocenters. The molecule has 3 nitrogen and oxygen atoms in total. The third-order valence-electron chi connectivity index (χ3n) is 2.52. The van der Waals surface area contributed by atoms with Crippen molar-refractivity contribution < 1.29 is 5.11 Å². The number of thioether (sulfide) groups is 1. The molecule has 1 heterocycles. The van der Waals surface area contributed by atoms with Gasteiger partial charge < -0.3 is 5.11 Å². The lowest BCUT2D eigenvalue weighted by Crippen LogP contribution is -1.88. The average Bonchev–Trinajstić information content (AvgIpc) is 2.47. The first-order chi connectivity index (χ1) is 9.78. The zero-order chi connectivity index (χ0) is 14.2. The van der Waals surface area contributed by atoms with Crippen LogP contribution in [0.4, 0.5) is 0 Å². The molecule has 1 aromatic heterocycles. The highest BCUT2D eigenvalue weighted by Crippen LogP contribution is 2.19. The van der Waals surface area contributed by atoms with Gasteiger partial charge in [0.05, 0.1) is 6.61 Å². The molecule has 2 aromatic rings. The first-order valence-corrected chi connectivity index (χ1v) is 7.36. The van der Waals surface area contributed by atoms with Gasteiger partial charge in [0.1, 0.15) is 0 Å². The summed E-state index contributed by atoms with van der Waals surface area (Å²) in [5, 5.41) is 9.49. The Labute approximate surface area is 123 Å². The largest absolute Gasteiger partial charge is 0.395 e. The number of aliphatic hydroxyl groups is 1. The fourth-order valence-electron chi connectivity index (χ4n) is 1.56.